The number of benzene rings is 2. The first-order valence-electron chi connectivity index (χ1n) is 10.6. The minimum atomic E-state index is -0.755. The normalized spacial score (nSPS) is 15.5. The summed E-state index contributed by atoms with van der Waals surface area (Å²) in [5.74, 6) is 0.761. The molecule has 0 bridgehead atoms. The highest BCUT2D eigenvalue weighted by molar-refractivity contribution is 6.28. The molecule has 0 aliphatic heterocycles. The lowest BCUT2D eigenvalue weighted by atomic mass is 9.97. The third-order valence-corrected chi connectivity index (χ3v) is 5.77. The number of halogens is 2. The minimum absolute atomic E-state index is 0.0307. The lowest BCUT2D eigenvalue weighted by Crippen LogP contribution is -2.21. The van der Waals surface area contributed by atoms with Gasteiger partial charge in [0.15, 0.2) is 0 Å². The van der Waals surface area contributed by atoms with Gasteiger partial charge < -0.3 is 20.9 Å². The van der Waals surface area contributed by atoms with Gasteiger partial charge in [-0.3, -0.25) is 0 Å². The quantitative estimate of drug-likeness (QED) is 0.252. The van der Waals surface area contributed by atoms with E-state index < -0.39 is 6.10 Å². The highest BCUT2D eigenvalue weighted by atomic mass is 35.5. The topological polar surface area (TPSA) is 97.7 Å². The third kappa shape index (κ3) is 5.33. The Balaban J connectivity index is 1.37. The second kappa shape index (κ2) is 10.0. The Bertz CT molecular complexity index is 1180. The smallest absolute Gasteiger partial charge is 0.228 e. The summed E-state index contributed by atoms with van der Waals surface area (Å²) in [6.45, 7) is 7.67. The fourth-order valence-electron chi connectivity index (χ4n) is 3.96. The molecule has 4 N–H and O–H groups in total. The fourth-order valence-corrected chi connectivity index (χ4v) is 4.14. The van der Waals surface area contributed by atoms with Crippen LogP contribution in [0.4, 0.5) is 21.6 Å². The minimum Gasteiger partial charge on any atom is -0.502 e. The van der Waals surface area contributed by atoms with Gasteiger partial charge >= 0.3 is 0 Å². The van der Waals surface area contributed by atoms with E-state index in [2.05, 4.69) is 20.1 Å². The van der Waals surface area contributed by atoms with Crippen LogP contribution in [0.15, 0.2) is 42.5 Å². The van der Waals surface area contributed by atoms with E-state index >= 15 is 0 Å². The van der Waals surface area contributed by atoms with Crippen LogP contribution in [-0.2, 0) is 6.42 Å². The van der Waals surface area contributed by atoms with Crippen LogP contribution in [0.2, 0.25) is 5.28 Å². The summed E-state index contributed by atoms with van der Waals surface area (Å²) in [6, 6.07) is 11.2. The average molecular weight is 468 g/mol. The summed E-state index contributed by atoms with van der Waals surface area (Å²) >= 11 is 6.18. The largest absolute Gasteiger partial charge is 0.502 e. The molecule has 170 valence electrons. The zero-order chi connectivity index (χ0) is 23.4. The molecule has 9 heteroatoms. The maximum Gasteiger partial charge on any atom is 0.228 e. The van der Waals surface area contributed by atoms with Crippen LogP contribution in [0.5, 0.6) is 5.75 Å². The Kier molecular flexibility index (Phi) is 6.92. The number of fused-ring (bicyclic) bond motifs is 1. The molecule has 0 radical (unpaired) electrons. The Labute approximate surface area is 196 Å². The number of hydrogen-bond acceptors (Lipinski definition) is 6. The first-order chi connectivity index (χ1) is 15.9. The predicted octanol–water partition coefficient (Wildman–Crippen LogP) is 4.72. The molecule has 1 heterocycles. The van der Waals surface area contributed by atoms with Gasteiger partial charge in [-0.2, -0.15) is 0 Å². The summed E-state index contributed by atoms with van der Waals surface area (Å²) in [6.07, 6.45) is 1.25. The van der Waals surface area contributed by atoms with Crippen molar-refractivity contribution in [2.75, 3.05) is 24.2 Å². The number of nitrogens with zero attached hydrogens (tertiary/aromatic N) is 3. The van der Waals surface area contributed by atoms with E-state index in [1.807, 2.05) is 0 Å². The van der Waals surface area contributed by atoms with Crippen molar-refractivity contribution in [1.29, 1.82) is 0 Å². The van der Waals surface area contributed by atoms with Gasteiger partial charge in [-0.15, -0.1) is 0 Å². The van der Waals surface area contributed by atoms with E-state index in [0.29, 0.717) is 35.9 Å². The maximum atomic E-state index is 13.3. The molecule has 0 amide bonds. The fraction of sp³-hybridized carbons (Fsp3) is 0.292. The SMILES string of the molecule is [C-]#[N+]c1ccc(N)cc1OCC(O)CCNc1nc(Cl)nc2c1CCC2c1ccc(F)cc1. The van der Waals surface area contributed by atoms with Crippen molar-refractivity contribution in [2.24, 2.45) is 0 Å². The molecular weight excluding hydrogens is 445 g/mol. The first kappa shape index (κ1) is 22.8. The van der Waals surface area contributed by atoms with Gasteiger partial charge in [0.2, 0.25) is 11.0 Å². The van der Waals surface area contributed by atoms with Gasteiger partial charge in [-0.1, -0.05) is 18.2 Å². The number of aliphatic hydroxyl groups is 1. The molecule has 0 saturated heterocycles. The molecule has 7 nitrogen and oxygen atoms in total. The van der Waals surface area contributed by atoms with Crippen molar-refractivity contribution in [3.8, 4) is 5.75 Å². The summed E-state index contributed by atoms with van der Waals surface area (Å²) < 4.78 is 18.9. The Morgan fingerprint density at radius 2 is 2.06 bits per heavy atom. The van der Waals surface area contributed by atoms with Crippen molar-refractivity contribution < 1.29 is 14.2 Å². The van der Waals surface area contributed by atoms with Gasteiger partial charge in [-0.05, 0) is 60.7 Å². The monoisotopic (exact) mass is 467 g/mol. The molecule has 1 aliphatic carbocycles. The van der Waals surface area contributed by atoms with Crippen LogP contribution in [0, 0.1) is 12.4 Å². The zero-order valence-corrected chi connectivity index (χ0v) is 18.5. The summed E-state index contributed by atoms with van der Waals surface area (Å²) in [5, 5.41) is 13.7. The molecule has 1 aromatic heterocycles. The van der Waals surface area contributed by atoms with Crippen LogP contribution < -0.4 is 15.8 Å². The van der Waals surface area contributed by atoms with Gasteiger partial charge in [0, 0.05) is 23.7 Å². The van der Waals surface area contributed by atoms with Crippen molar-refractivity contribution in [3.05, 3.63) is 81.8 Å². The third-order valence-electron chi connectivity index (χ3n) is 5.60. The Hall–Kier alpha value is -3.41. The predicted molar refractivity (Wildman–Crippen MR) is 125 cm³/mol. The molecule has 2 unspecified atom stereocenters. The van der Waals surface area contributed by atoms with Gasteiger partial charge in [0.05, 0.1) is 18.4 Å². The summed E-state index contributed by atoms with van der Waals surface area (Å²) in [7, 11) is 0. The van der Waals surface area contributed by atoms with E-state index in [-0.39, 0.29) is 23.6 Å². The number of aromatic nitrogens is 2. The highest BCUT2D eigenvalue weighted by Crippen LogP contribution is 2.40. The number of aliphatic hydroxyl groups excluding tert-OH is 1. The number of rotatable bonds is 8. The molecule has 2 atom stereocenters. The molecule has 0 saturated carbocycles. The molecule has 4 rings (SSSR count). The molecule has 0 spiro atoms. The number of nitrogens with one attached hydrogen (secondary N) is 1. The second-order valence-corrected chi connectivity index (χ2v) is 8.21. The van der Waals surface area contributed by atoms with Crippen molar-refractivity contribution in [2.45, 2.75) is 31.3 Å². The highest BCUT2D eigenvalue weighted by Gasteiger charge is 2.29. The van der Waals surface area contributed by atoms with Crippen molar-refractivity contribution in [3.63, 3.8) is 0 Å². The van der Waals surface area contributed by atoms with E-state index in [9.17, 15) is 9.50 Å². The number of nitrogen functional groups attached to an aromatic ring is 1. The standard InChI is InChI=1S/C24H23ClFN5O2/c1-28-20-9-6-16(27)12-21(20)33-13-17(32)10-11-29-23-19-8-7-18(22(19)30-24(25)31-23)14-2-4-15(26)5-3-14/h2-6,9,12,17-18,32H,7-8,10-11,13,27H2,(H,29,30,31). The van der Waals surface area contributed by atoms with Crippen molar-refractivity contribution >= 4 is 28.8 Å². The number of hydrogen-bond donors (Lipinski definition) is 3. The van der Waals surface area contributed by atoms with Crippen LogP contribution in [-0.4, -0.2) is 34.3 Å². The average Bonchev–Trinajstić information content (AvgIpc) is 3.22. The summed E-state index contributed by atoms with van der Waals surface area (Å²) in [5.41, 5.74) is 9.41. The van der Waals surface area contributed by atoms with Gasteiger partial charge in [0.25, 0.3) is 0 Å². The molecule has 0 fully saturated rings. The molecular formula is C24H23ClFN5O2. The number of nitrogens with two attached hydrogens (primary N) is 1. The number of anilines is 2. The molecule has 3 aromatic rings. The van der Waals surface area contributed by atoms with Gasteiger partial charge in [-0.25, -0.2) is 19.2 Å². The van der Waals surface area contributed by atoms with Crippen LogP contribution >= 0.6 is 11.6 Å². The molecule has 33 heavy (non-hydrogen) atoms. The second-order valence-electron chi connectivity index (χ2n) is 7.87. The van der Waals surface area contributed by atoms with Crippen LogP contribution in [0.1, 0.15) is 35.6 Å². The van der Waals surface area contributed by atoms with E-state index in [1.54, 1.807) is 30.3 Å². The number of ether oxygens (including phenoxy) is 1. The molecule has 1 aliphatic rings. The lowest BCUT2D eigenvalue weighted by Gasteiger charge is -2.16. The first-order valence-corrected chi connectivity index (χ1v) is 11.0. The van der Waals surface area contributed by atoms with Gasteiger partial charge in [0.1, 0.15) is 24.0 Å². The van der Waals surface area contributed by atoms with E-state index in [0.717, 1.165) is 29.7 Å². The van der Waals surface area contributed by atoms with Crippen molar-refractivity contribution in [1.82, 2.24) is 9.97 Å². The van der Waals surface area contributed by atoms with Crippen LogP contribution in [0.3, 0.4) is 0 Å². The summed E-state index contributed by atoms with van der Waals surface area (Å²) in [4.78, 5) is 12.2. The molecule has 2 aromatic carbocycles. The zero-order valence-electron chi connectivity index (χ0n) is 17.8. The Morgan fingerprint density at radius 3 is 2.82 bits per heavy atom. The lowest BCUT2D eigenvalue weighted by molar-refractivity contribution is 0.103. The Morgan fingerprint density at radius 1 is 1.27 bits per heavy atom. The van der Waals surface area contributed by atoms with E-state index in [4.69, 9.17) is 28.6 Å². The maximum absolute atomic E-state index is 13.3. The van der Waals surface area contributed by atoms with E-state index in [1.165, 1.54) is 12.1 Å². The van der Waals surface area contributed by atoms with Crippen LogP contribution in [0.25, 0.3) is 4.85 Å².